The van der Waals surface area contributed by atoms with Crippen molar-refractivity contribution in [3.8, 4) is 0 Å². The van der Waals surface area contributed by atoms with Crippen molar-refractivity contribution in [2.45, 2.75) is 13.8 Å². The predicted octanol–water partition coefficient (Wildman–Crippen LogP) is 4.15. The van der Waals surface area contributed by atoms with Gasteiger partial charge in [-0.25, -0.2) is 0 Å². The minimum Gasteiger partial charge on any atom is -0.315 e. The molecule has 0 aliphatic carbocycles. The summed E-state index contributed by atoms with van der Waals surface area (Å²) >= 11 is 0. The smallest absolute Gasteiger partial charge is 0.261 e. The van der Waals surface area contributed by atoms with Crippen LogP contribution in [0, 0.1) is 0 Å². The zero-order chi connectivity index (χ0) is 27.7. The number of carbonyl (C=O) groups excluding carboxylic acids is 4. The highest BCUT2D eigenvalue weighted by molar-refractivity contribution is 6.41. The molecule has 0 atom stereocenters. The van der Waals surface area contributed by atoms with Crippen molar-refractivity contribution in [1.29, 1.82) is 0 Å². The Balaban J connectivity index is 1.47. The largest absolute Gasteiger partial charge is 0.315 e. The molecule has 40 heavy (non-hydrogen) atoms. The van der Waals surface area contributed by atoms with Crippen LogP contribution in [0.1, 0.15) is 55.3 Å². The second-order valence-corrected chi connectivity index (χ2v) is 10.4. The molecule has 5 aromatic carbocycles. The van der Waals surface area contributed by atoms with Crippen molar-refractivity contribution >= 4 is 66.7 Å². The van der Waals surface area contributed by atoms with Crippen LogP contribution >= 0.6 is 0 Å². The van der Waals surface area contributed by atoms with Crippen LogP contribution in [0.25, 0.3) is 43.1 Å². The minimum absolute atomic E-state index is 0.288. The molecule has 0 spiro atoms. The second kappa shape index (κ2) is 9.08. The minimum atomic E-state index is -0.288. The Labute approximate surface area is 230 Å². The second-order valence-electron chi connectivity index (χ2n) is 10.4. The van der Waals surface area contributed by atoms with Gasteiger partial charge in [0.15, 0.2) is 0 Å². The number of likely N-dealkylation sites (N-methyl/N-ethyl adjacent to an activating group) is 2. The monoisotopic (exact) mass is 532 g/mol. The molecule has 2 aliphatic heterocycles. The van der Waals surface area contributed by atoms with Gasteiger partial charge in [0.1, 0.15) is 0 Å². The summed E-state index contributed by atoms with van der Waals surface area (Å²) in [5, 5.41) is 13.0. The number of rotatable bonds is 8. The Morgan fingerprint density at radius 1 is 0.475 bits per heavy atom. The lowest BCUT2D eigenvalue weighted by Crippen LogP contribution is -2.44. The van der Waals surface area contributed by atoms with Crippen LogP contribution in [0.4, 0.5) is 0 Å². The van der Waals surface area contributed by atoms with Crippen molar-refractivity contribution in [3.63, 3.8) is 0 Å². The molecule has 0 bridgehead atoms. The topological polar surface area (TPSA) is 98.8 Å². The van der Waals surface area contributed by atoms with Gasteiger partial charge in [-0.05, 0) is 69.7 Å². The van der Waals surface area contributed by atoms with Gasteiger partial charge in [0.2, 0.25) is 0 Å². The molecule has 0 saturated heterocycles. The SMILES string of the molecule is CCNCCN1C(=O)c2ccc3c4ccc5c6c(ccc(c7ccc(c2c37)C1=O)c64)C(=O)N(CCNCC)C5=O. The molecule has 8 nitrogen and oxygen atoms in total. The lowest BCUT2D eigenvalue weighted by Gasteiger charge is -2.30. The first-order valence-electron chi connectivity index (χ1n) is 13.8. The van der Waals surface area contributed by atoms with E-state index in [2.05, 4.69) is 10.6 Å². The Hall–Kier alpha value is -4.40. The molecule has 2 N–H and O–H groups in total. The highest BCUT2D eigenvalue weighted by atomic mass is 16.2. The molecular formula is C32H28N4O4. The average molecular weight is 533 g/mol. The maximum atomic E-state index is 13.5. The van der Waals surface area contributed by atoms with Crippen molar-refractivity contribution in [3.05, 3.63) is 70.8 Å². The number of fused-ring (bicyclic) bond motifs is 2. The van der Waals surface area contributed by atoms with Crippen LogP contribution in [0.15, 0.2) is 48.5 Å². The summed E-state index contributed by atoms with van der Waals surface area (Å²) < 4.78 is 0. The summed E-state index contributed by atoms with van der Waals surface area (Å²) in [5.74, 6) is -1.15. The lowest BCUT2D eigenvalue weighted by molar-refractivity contribution is 0.0597. The van der Waals surface area contributed by atoms with Crippen LogP contribution in [0.3, 0.4) is 0 Å². The first-order valence-corrected chi connectivity index (χ1v) is 13.8. The molecule has 0 saturated carbocycles. The van der Waals surface area contributed by atoms with Crippen LogP contribution in [-0.4, -0.2) is 72.7 Å². The van der Waals surface area contributed by atoms with Crippen LogP contribution < -0.4 is 10.6 Å². The van der Waals surface area contributed by atoms with Gasteiger partial charge in [0, 0.05) is 59.2 Å². The van der Waals surface area contributed by atoms with Gasteiger partial charge in [-0.3, -0.25) is 29.0 Å². The Kier molecular flexibility index (Phi) is 5.59. The average Bonchev–Trinajstić information content (AvgIpc) is 2.97. The quantitative estimate of drug-likeness (QED) is 0.135. The molecule has 0 fully saturated rings. The molecule has 7 rings (SSSR count). The number of imide groups is 2. The zero-order valence-corrected chi connectivity index (χ0v) is 22.4. The highest BCUT2D eigenvalue weighted by Crippen LogP contribution is 2.46. The summed E-state index contributed by atoms with van der Waals surface area (Å²) in [6.07, 6.45) is 0. The Morgan fingerprint density at radius 3 is 1.05 bits per heavy atom. The van der Waals surface area contributed by atoms with Gasteiger partial charge in [-0.15, -0.1) is 0 Å². The van der Waals surface area contributed by atoms with Gasteiger partial charge in [0.05, 0.1) is 0 Å². The third-order valence-electron chi connectivity index (χ3n) is 8.33. The highest BCUT2D eigenvalue weighted by Gasteiger charge is 2.36. The van der Waals surface area contributed by atoms with Crippen molar-refractivity contribution < 1.29 is 19.2 Å². The van der Waals surface area contributed by atoms with E-state index in [-0.39, 0.29) is 23.6 Å². The van der Waals surface area contributed by atoms with E-state index in [1.807, 2.05) is 38.1 Å². The summed E-state index contributed by atoms with van der Waals surface area (Å²) in [7, 11) is 0. The number of carbonyl (C=O) groups is 4. The van der Waals surface area contributed by atoms with E-state index in [4.69, 9.17) is 0 Å². The molecule has 200 valence electrons. The molecule has 5 aromatic rings. The zero-order valence-electron chi connectivity index (χ0n) is 22.4. The van der Waals surface area contributed by atoms with Gasteiger partial charge in [-0.2, -0.15) is 0 Å². The number of nitrogens with zero attached hydrogens (tertiary/aromatic N) is 2. The Bertz CT molecular complexity index is 1670. The summed E-state index contributed by atoms with van der Waals surface area (Å²) in [5.41, 5.74) is 2.06. The van der Waals surface area contributed by atoms with E-state index in [0.29, 0.717) is 59.2 Å². The van der Waals surface area contributed by atoms with Gasteiger partial charge in [0.25, 0.3) is 23.6 Å². The number of hydrogen-bond acceptors (Lipinski definition) is 6. The molecule has 2 heterocycles. The van der Waals surface area contributed by atoms with E-state index in [1.54, 1.807) is 24.3 Å². The van der Waals surface area contributed by atoms with E-state index in [9.17, 15) is 19.2 Å². The summed E-state index contributed by atoms with van der Waals surface area (Å²) in [6, 6.07) is 15.0. The molecular weight excluding hydrogens is 504 g/mol. The molecule has 0 unspecified atom stereocenters. The van der Waals surface area contributed by atoms with Crippen LogP contribution in [-0.2, 0) is 0 Å². The standard InChI is InChI=1S/C32H28N4O4/c1-3-33-13-15-35-29(37)21-9-5-17-19-7-11-23-28-24(32(40)36(31(23)39)16-14-34-4-2)12-8-20(26(19)28)18-6-10-22(30(35)38)27(21)25(17)18/h5-12,33-34H,3-4,13-16H2,1-2H3. The van der Waals surface area contributed by atoms with Gasteiger partial charge in [-0.1, -0.05) is 38.1 Å². The lowest BCUT2D eigenvalue weighted by atomic mass is 9.82. The first-order chi connectivity index (χ1) is 19.5. The number of amides is 4. The molecule has 2 aliphatic rings. The predicted molar refractivity (Wildman–Crippen MR) is 155 cm³/mol. The summed E-state index contributed by atoms with van der Waals surface area (Å²) in [4.78, 5) is 56.6. The van der Waals surface area contributed by atoms with E-state index < -0.39 is 0 Å². The van der Waals surface area contributed by atoms with E-state index in [0.717, 1.165) is 45.4 Å². The fraction of sp³-hybridized carbons (Fsp3) is 0.250. The van der Waals surface area contributed by atoms with Crippen LogP contribution in [0.2, 0.25) is 0 Å². The molecule has 4 amide bonds. The van der Waals surface area contributed by atoms with Crippen molar-refractivity contribution in [2.75, 3.05) is 39.3 Å². The van der Waals surface area contributed by atoms with E-state index >= 15 is 0 Å². The first kappa shape index (κ1) is 24.6. The van der Waals surface area contributed by atoms with Gasteiger partial charge >= 0.3 is 0 Å². The fourth-order valence-electron chi connectivity index (χ4n) is 6.51. The number of benzene rings is 5. The molecule has 0 radical (unpaired) electrons. The molecule has 8 heteroatoms. The van der Waals surface area contributed by atoms with Crippen LogP contribution in [0.5, 0.6) is 0 Å². The van der Waals surface area contributed by atoms with Crippen molar-refractivity contribution in [2.24, 2.45) is 0 Å². The van der Waals surface area contributed by atoms with E-state index in [1.165, 1.54) is 9.80 Å². The normalized spacial score (nSPS) is 15.2. The maximum Gasteiger partial charge on any atom is 0.261 e. The number of hydrogen-bond donors (Lipinski definition) is 2. The maximum absolute atomic E-state index is 13.5. The number of nitrogens with one attached hydrogen (secondary N) is 2. The third-order valence-corrected chi connectivity index (χ3v) is 8.33. The Morgan fingerprint density at radius 2 is 0.775 bits per heavy atom. The summed E-state index contributed by atoms with van der Waals surface area (Å²) in [6.45, 7) is 7.16. The molecule has 0 aromatic heterocycles. The van der Waals surface area contributed by atoms with Gasteiger partial charge < -0.3 is 10.6 Å². The van der Waals surface area contributed by atoms with Crippen molar-refractivity contribution in [1.82, 2.24) is 20.4 Å². The fourth-order valence-corrected chi connectivity index (χ4v) is 6.51. The third kappa shape index (κ3) is 3.20.